The zero-order chi connectivity index (χ0) is 22.2. The van der Waals surface area contributed by atoms with E-state index < -0.39 is 12.1 Å². The highest BCUT2D eigenvalue weighted by Crippen LogP contribution is 2.24. The third kappa shape index (κ3) is 7.18. The second-order valence-corrected chi connectivity index (χ2v) is 7.97. The van der Waals surface area contributed by atoms with Crippen LogP contribution in [0, 0.1) is 5.82 Å². The minimum atomic E-state index is -0.759. The number of halogens is 2. The maximum absolute atomic E-state index is 13.1. The highest BCUT2D eigenvalue weighted by molar-refractivity contribution is 6.31. The van der Waals surface area contributed by atoms with Crippen molar-refractivity contribution in [2.75, 3.05) is 40.0 Å². The average molecular weight is 452 g/mol. The number of aliphatic hydroxyl groups excluding tert-OH is 1. The summed E-state index contributed by atoms with van der Waals surface area (Å²) in [5.41, 5.74) is 1.22. The summed E-state index contributed by atoms with van der Waals surface area (Å²) in [6.07, 6.45) is 0.738. The van der Waals surface area contributed by atoms with Crippen molar-refractivity contribution in [3.8, 4) is 5.75 Å². The van der Waals surface area contributed by atoms with Gasteiger partial charge in [0, 0.05) is 31.3 Å². The number of benzene rings is 2. The van der Waals surface area contributed by atoms with Crippen LogP contribution in [0.4, 0.5) is 4.39 Å². The minimum Gasteiger partial charge on any atom is -0.490 e. The van der Waals surface area contributed by atoms with Crippen molar-refractivity contribution in [2.24, 2.45) is 0 Å². The number of aliphatic hydroxyl groups is 1. The number of ether oxygens (including phenoxy) is 3. The molecule has 0 bridgehead atoms. The summed E-state index contributed by atoms with van der Waals surface area (Å²) in [5, 5.41) is 10.9. The Bertz CT molecular complexity index is 864. The van der Waals surface area contributed by atoms with E-state index in [1.807, 2.05) is 0 Å². The van der Waals surface area contributed by atoms with Crippen molar-refractivity contribution < 1.29 is 28.5 Å². The van der Waals surface area contributed by atoms with Gasteiger partial charge in [0.15, 0.2) is 0 Å². The molecule has 3 rings (SSSR count). The van der Waals surface area contributed by atoms with E-state index in [1.165, 1.54) is 25.3 Å². The van der Waals surface area contributed by atoms with Crippen LogP contribution in [-0.4, -0.2) is 68.1 Å². The molecule has 0 saturated carbocycles. The first-order chi connectivity index (χ1) is 14.9. The molecule has 1 fully saturated rings. The molecule has 1 N–H and O–H groups in total. The van der Waals surface area contributed by atoms with Gasteiger partial charge in [-0.05, 0) is 48.7 Å². The van der Waals surface area contributed by atoms with E-state index in [-0.39, 0.29) is 24.1 Å². The van der Waals surface area contributed by atoms with E-state index in [0.717, 1.165) is 18.5 Å². The maximum atomic E-state index is 13.1. The topological polar surface area (TPSA) is 68.2 Å². The predicted molar refractivity (Wildman–Crippen MR) is 115 cm³/mol. The van der Waals surface area contributed by atoms with Crippen LogP contribution in [0.25, 0.3) is 0 Å². The first-order valence-electron chi connectivity index (χ1n) is 10.2. The monoisotopic (exact) mass is 451 g/mol. The Morgan fingerprint density at radius 2 is 2.10 bits per heavy atom. The number of nitrogens with zero attached hydrogens (tertiary/aromatic N) is 1. The fraction of sp³-hybridized carbons (Fsp3) is 0.435. The SMILES string of the molecule is COC(=O)c1cc(Cl)ccc1OCC(O)CN1CCCOC(Cc2ccc(F)cc2)C1. The van der Waals surface area contributed by atoms with Crippen LogP contribution in [-0.2, 0) is 15.9 Å². The molecule has 2 atom stereocenters. The molecule has 2 aromatic carbocycles. The van der Waals surface area contributed by atoms with E-state index in [0.29, 0.717) is 36.9 Å². The van der Waals surface area contributed by atoms with Gasteiger partial charge in [-0.15, -0.1) is 0 Å². The van der Waals surface area contributed by atoms with Gasteiger partial charge in [-0.2, -0.15) is 0 Å². The van der Waals surface area contributed by atoms with Crippen molar-refractivity contribution in [2.45, 2.75) is 25.0 Å². The largest absolute Gasteiger partial charge is 0.490 e. The lowest BCUT2D eigenvalue weighted by Gasteiger charge is -2.26. The molecule has 0 amide bonds. The Balaban J connectivity index is 1.54. The van der Waals surface area contributed by atoms with Crippen molar-refractivity contribution in [1.82, 2.24) is 4.90 Å². The maximum Gasteiger partial charge on any atom is 0.341 e. The third-order valence-electron chi connectivity index (χ3n) is 5.06. The lowest BCUT2D eigenvalue weighted by atomic mass is 10.1. The van der Waals surface area contributed by atoms with E-state index in [4.69, 9.17) is 25.8 Å². The summed E-state index contributed by atoms with van der Waals surface area (Å²) in [4.78, 5) is 14.1. The smallest absolute Gasteiger partial charge is 0.341 e. The Morgan fingerprint density at radius 1 is 1.32 bits per heavy atom. The van der Waals surface area contributed by atoms with Crippen LogP contribution in [0.1, 0.15) is 22.3 Å². The molecule has 2 aromatic rings. The van der Waals surface area contributed by atoms with Gasteiger partial charge >= 0.3 is 5.97 Å². The third-order valence-corrected chi connectivity index (χ3v) is 5.29. The summed E-state index contributed by atoms with van der Waals surface area (Å²) < 4.78 is 29.5. The molecule has 0 radical (unpaired) electrons. The van der Waals surface area contributed by atoms with E-state index in [1.54, 1.807) is 24.3 Å². The second-order valence-electron chi connectivity index (χ2n) is 7.53. The predicted octanol–water partition coefficient (Wildman–Crippen LogP) is 3.34. The van der Waals surface area contributed by atoms with E-state index in [2.05, 4.69) is 4.90 Å². The Kier molecular flexibility index (Phi) is 8.66. The Labute approximate surface area is 186 Å². The molecule has 31 heavy (non-hydrogen) atoms. The Hall–Kier alpha value is -2.19. The van der Waals surface area contributed by atoms with Gasteiger partial charge in [0.2, 0.25) is 0 Å². The lowest BCUT2D eigenvalue weighted by molar-refractivity contribution is 0.0356. The number of esters is 1. The molecule has 1 aliphatic rings. The molecule has 8 heteroatoms. The van der Waals surface area contributed by atoms with Gasteiger partial charge in [0.1, 0.15) is 29.8 Å². The molecular formula is C23H27ClFNO5. The van der Waals surface area contributed by atoms with Gasteiger partial charge < -0.3 is 19.3 Å². The highest BCUT2D eigenvalue weighted by atomic mass is 35.5. The summed E-state index contributed by atoms with van der Waals surface area (Å²) in [7, 11) is 1.28. The van der Waals surface area contributed by atoms with Gasteiger partial charge in [-0.25, -0.2) is 9.18 Å². The molecule has 0 aliphatic carbocycles. The van der Waals surface area contributed by atoms with Gasteiger partial charge in [0.25, 0.3) is 0 Å². The van der Waals surface area contributed by atoms with Crippen LogP contribution < -0.4 is 4.74 Å². The zero-order valence-electron chi connectivity index (χ0n) is 17.4. The van der Waals surface area contributed by atoms with Crippen LogP contribution in [0.5, 0.6) is 5.75 Å². The molecule has 1 saturated heterocycles. The number of methoxy groups -OCH3 is 1. The zero-order valence-corrected chi connectivity index (χ0v) is 18.2. The number of hydrogen-bond donors (Lipinski definition) is 1. The first-order valence-corrected chi connectivity index (χ1v) is 10.6. The molecule has 0 aromatic heterocycles. The number of β-amino-alcohol motifs (C(OH)–C–C–N with tert-alkyl or cyclic N) is 1. The quantitative estimate of drug-likeness (QED) is 0.621. The first kappa shape index (κ1) is 23.5. The normalized spacial score (nSPS) is 18.3. The van der Waals surface area contributed by atoms with E-state index >= 15 is 0 Å². The summed E-state index contributed by atoms with van der Waals surface area (Å²) in [6.45, 7) is 2.52. The lowest BCUT2D eigenvalue weighted by Crippen LogP contribution is -2.40. The highest BCUT2D eigenvalue weighted by Gasteiger charge is 2.22. The summed E-state index contributed by atoms with van der Waals surface area (Å²) in [6, 6.07) is 11.1. The number of hydrogen-bond acceptors (Lipinski definition) is 6. The van der Waals surface area contributed by atoms with Crippen LogP contribution in [0.2, 0.25) is 5.02 Å². The van der Waals surface area contributed by atoms with Gasteiger partial charge in [-0.3, -0.25) is 4.90 Å². The van der Waals surface area contributed by atoms with Crippen molar-refractivity contribution in [1.29, 1.82) is 0 Å². The van der Waals surface area contributed by atoms with Crippen LogP contribution in [0.15, 0.2) is 42.5 Å². The van der Waals surface area contributed by atoms with Gasteiger partial charge in [-0.1, -0.05) is 23.7 Å². The number of carbonyl (C=O) groups excluding carboxylic acids is 1. The Morgan fingerprint density at radius 3 is 2.84 bits per heavy atom. The van der Waals surface area contributed by atoms with Crippen molar-refractivity contribution >= 4 is 17.6 Å². The number of carbonyl (C=O) groups is 1. The second kappa shape index (κ2) is 11.4. The molecule has 6 nitrogen and oxygen atoms in total. The molecular weight excluding hydrogens is 425 g/mol. The molecule has 0 spiro atoms. The molecule has 168 valence electrons. The van der Waals surface area contributed by atoms with Crippen molar-refractivity contribution in [3.05, 3.63) is 64.4 Å². The molecule has 1 heterocycles. The van der Waals surface area contributed by atoms with Crippen LogP contribution in [0.3, 0.4) is 0 Å². The van der Waals surface area contributed by atoms with E-state index in [9.17, 15) is 14.3 Å². The fourth-order valence-corrected chi connectivity index (χ4v) is 3.75. The average Bonchev–Trinajstić information content (AvgIpc) is 2.98. The fourth-order valence-electron chi connectivity index (χ4n) is 3.58. The van der Waals surface area contributed by atoms with Gasteiger partial charge in [0.05, 0.1) is 13.2 Å². The van der Waals surface area contributed by atoms with Crippen LogP contribution >= 0.6 is 11.6 Å². The number of rotatable bonds is 8. The summed E-state index contributed by atoms with van der Waals surface area (Å²) >= 11 is 5.95. The molecule has 1 aliphatic heterocycles. The minimum absolute atomic E-state index is 0.0195. The molecule has 2 unspecified atom stereocenters. The summed E-state index contributed by atoms with van der Waals surface area (Å²) in [5.74, 6) is -0.504. The standard InChI is InChI=1S/C23H27ClFNO5/c1-29-23(28)21-12-17(24)5-8-22(21)31-15-19(27)13-26-9-2-10-30-20(14-26)11-16-3-6-18(25)7-4-16/h3-8,12,19-20,27H,2,9-11,13-15H2,1H3. The van der Waals surface area contributed by atoms with Crippen molar-refractivity contribution in [3.63, 3.8) is 0 Å².